The van der Waals surface area contributed by atoms with Crippen LogP contribution in [0.3, 0.4) is 0 Å². The van der Waals surface area contributed by atoms with Crippen molar-refractivity contribution in [3.8, 4) is 11.6 Å². The Bertz CT molecular complexity index is 1570. The Morgan fingerprint density at radius 1 is 0.870 bits per heavy atom. The molecule has 0 bridgehead atoms. The Balaban J connectivity index is 0.000000922. The summed E-state index contributed by atoms with van der Waals surface area (Å²) in [6.07, 6.45) is 4.50. The van der Waals surface area contributed by atoms with Gasteiger partial charge in [-0.25, -0.2) is 18.1 Å². The Morgan fingerprint density at radius 3 is 1.89 bits per heavy atom. The molecule has 3 atom stereocenters. The second-order valence-electron chi connectivity index (χ2n) is 12.9. The molecule has 300 valence electrons. The number of carbonyl (C=O) groups excluding carboxylic acids is 2. The van der Waals surface area contributed by atoms with Gasteiger partial charge in [-0.15, -0.1) is 0 Å². The maximum Gasteiger partial charge on any atom is 0.307 e. The van der Waals surface area contributed by atoms with Gasteiger partial charge in [0.15, 0.2) is 0 Å². The molecule has 0 saturated carbocycles. The molecule has 0 aliphatic carbocycles. The molecule has 19 heteroatoms. The van der Waals surface area contributed by atoms with E-state index in [1.165, 1.54) is 6.92 Å². The highest BCUT2D eigenvalue weighted by Gasteiger charge is 2.25. The molecule has 0 fully saturated rings. The molecule has 17 nitrogen and oxygen atoms in total. The third-order valence-electron chi connectivity index (χ3n) is 6.14. The van der Waals surface area contributed by atoms with Crippen LogP contribution in [0.25, 0.3) is 20.9 Å². The smallest absolute Gasteiger partial charge is 0.307 e. The van der Waals surface area contributed by atoms with E-state index < -0.39 is 32.8 Å². The molecule has 2 rings (SSSR count). The van der Waals surface area contributed by atoms with Crippen molar-refractivity contribution in [3.63, 3.8) is 0 Å². The van der Waals surface area contributed by atoms with Crippen molar-refractivity contribution < 1.29 is 37.0 Å². The number of nitrogens with one attached hydrogen (secondary N) is 1. The maximum absolute atomic E-state index is 12.5. The first-order chi connectivity index (χ1) is 25.5. The molecule has 1 aromatic heterocycles. The van der Waals surface area contributed by atoms with E-state index in [9.17, 15) is 18.0 Å². The van der Waals surface area contributed by atoms with Gasteiger partial charge in [0.1, 0.15) is 16.7 Å². The lowest BCUT2D eigenvalue weighted by Crippen LogP contribution is -2.36. The highest BCUT2D eigenvalue weighted by atomic mass is 32.2. The predicted octanol–water partition coefficient (Wildman–Crippen LogP) is 7.42. The molecule has 1 N–H and O–H groups in total. The van der Waals surface area contributed by atoms with E-state index in [1.54, 1.807) is 50.5 Å². The van der Waals surface area contributed by atoms with E-state index in [1.807, 2.05) is 53.7 Å². The van der Waals surface area contributed by atoms with Crippen molar-refractivity contribution in [2.45, 2.75) is 97.1 Å². The molecule has 0 saturated heterocycles. The highest BCUT2D eigenvalue weighted by Crippen LogP contribution is 2.24. The van der Waals surface area contributed by atoms with E-state index in [4.69, 9.17) is 25.3 Å². The fraction of sp³-hybridized carbons (Fsp3) is 0.600. The zero-order valence-corrected chi connectivity index (χ0v) is 34.4. The summed E-state index contributed by atoms with van der Waals surface area (Å²) < 4.78 is 50.9. The van der Waals surface area contributed by atoms with Gasteiger partial charge in [0.25, 0.3) is 0 Å². The SMILES string of the molecule is CC(C)(C)[S@@](=O)N=Cc1ccc(OCCCN=[N+]=[N-])nc1.CCOC(=O)C[C@H](N[S@](=O)C(C)(C)C)c1ccc(OCCCN=[N+]=[N-])cc1.CCOC(C)=O. The number of aromatic nitrogens is 1. The average molecular weight is 794 g/mol. The third kappa shape index (κ3) is 24.7. The van der Waals surface area contributed by atoms with Crippen LogP contribution >= 0.6 is 0 Å². The van der Waals surface area contributed by atoms with Crippen molar-refractivity contribution in [1.82, 2.24) is 9.71 Å². The van der Waals surface area contributed by atoms with Crippen LogP contribution in [0, 0.1) is 0 Å². The van der Waals surface area contributed by atoms with Gasteiger partial charge in [-0.1, -0.05) is 22.4 Å². The Hall–Kier alpha value is -4.54. The number of esters is 2. The van der Waals surface area contributed by atoms with Crippen molar-refractivity contribution in [2.24, 2.45) is 14.6 Å². The summed E-state index contributed by atoms with van der Waals surface area (Å²) in [6.45, 7) is 18.6. The fourth-order valence-electron chi connectivity index (χ4n) is 3.47. The highest BCUT2D eigenvalue weighted by molar-refractivity contribution is 7.85. The minimum atomic E-state index is -1.33. The van der Waals surface area contributed by atoms with Crippen LogP contribution < -0.4 is 14.2 Å². The minimum absolute atomic E-state index is 0.0853. The molecule has 0 unspecified atom stereocenters. The second-order valence-corrected chi connectivity index (χ2v) is 16.8. The van der Waals surface area contributed by atoms with Crippen molar-refractivity contribution in [1.29, 1.82) is 0 Å². The molecular formula is C35H55N9O8S2. The summed E-state index contributed by atoms with van der Waals surface area (Å²) >= 11 is 0. The number of hydrogen-bond donors (Lipinski definition) is 1. The normalized spacial score (nSPS) is 12.5. The van der Waals surface area contributed by atoms with Crippen molar-refractivity contribution in [2.75, 3.05) is 39.5 Å². The minimum Gasteiger partial charge on any atom is -0.494 e. The summed E-state index contributed by atoms with van der Waals surface area (Å²) in [6, 6.07) is 10.3. The molecule has 0 spiro atoms. The molecule has 1 aromatic carbocycles. The zero-order valence-electron chi connectivity index (χ0n) is 32.7. The lowest BCUT2D eigenvalue weighted by Gasteiger charge is -2.24. The topological polar surface area (TPSA) is 240 Å². The number of ether oxygens (including phenoxy) is 4. The molecule has 2 aromatic rings. The summed E-state index contributed by atoms with van der Waals surface area (Å²) in [5.74, 6) is 0.605. The molecule has 1 heterocycles. The standard InChI is InChI=1S/C18H28N4O4S.C13H19N5O2S.C4H8O2/c1-5-25-17(23)13-16(21-27(24)18(2,3)4)14-7-9-15(10-8-14)26-12-6-11-20-22-19;1-13(2,3)21(19)17-10-11-5-6-12(15-9-11)20-8-4-7-16-18-14;1-3-6-4(2)5/h7-10,16,21H,5-6,11-13H2,1-4H3;5-6,9-10H,4,7-8H2,1-3H3;3H2,1-2H3/t16-,27+;21-;/m01./s1. The van der Waals surface area contributed by atoms with Crippen LogP contribution in [0.1, 0.15) is 98.7 Å². The molecule has 0 radical (unpaired) electrons. The largest absolute Gasteiger partial charge is 0.494 e. The number of pyridine rings is 1. The van der Waals surface area contributed by atoms with Crippen LogP contribution in [0.5, 0.6) is 11.6 Å². The lowest BCUT2D eigenvalue weighted by molar-refractivity contribution is -0.143. The van der Waals surface area contributed by atoms with Gasteiger partial charge in [-0.3, -0.25) is 9.59 Å². The van der Waals surface area contributed by atoms with Crippen molar-refractivity contribution in [3.05, 3.63) is 74.6 Å². The van der Waals surface area contributed by atoms with Gasteiger partial charge < -0.3 is 18.9 Å². The van der Waals surface area contributed by atoms with E-state index in [0.717, 1.165) is 11.1 Å². The number of carbonyl (C=O) groups is 2. The Kier molecular flexibility index (Phi) is 25.6. The van der Waals surface area contributed by atoms with Crippen LogP contribution in [-0.2, 0) is 41.0 Å². The average Bonchev–Trinajstić information content (AvgIpc) is 3.10. The van der Waals surface area contributed by atoms with E-state index >= 15 is 0 Å². The molecule has 54 heavy (non-hydrogen) atoms. The number of rotatable bonds is 19. The van der Waals surface area contributed by atoms with Crippen LogP contribution in [0.2, 0.25) is 0 Å². The molecule has 0 aliphatic heterocycles. The summed E-state index contributed by atoms with van der Waals surface area (Å²) in [5, 5.41) is 6.86. The number of azide groups is 2. The van der Waals surface area contributed by atoms with Gasteiger partial charge in [0.2, 0.25) is 5.88 Å². The van der Waals surface area contributed by atoms with Crippen molar-refractivity contribution >= 4 is 40.1 Å². The van der Waals surface area contributed by atoms with E-state index in [-0.39, 0.29) is 23.1 Å². The van der Waals surface area contributed by atoms with E-state index in [0.29, 0.717) is 64.0 Å². The quantitative estimate of drug-likeness (QED) is 0.0371. The fourth-order valence-corrected chi connectivity index (χ4v) is 4.83. The van der Waals surface area contributed by atoms with Gasteiger partial charge in [-0.2, -0.15) is 4.40 Å². The van der Waals surface area contributed by atoms with Gasteiger partial charge in [0, 0.05) is 53.9 Å². The number of hydrogen-bond acceptors (Lipinski definition) is 11. The Labute approximate surface area is 323 Å². The number of nitrogens with zero attached hydrogens (tertiary/aromatic N) is 8. The van der Waals surface area contributed by atoms with E-state index in [2.05, 4.69) is 38.9 Å². The first-order valence-corrected chi connectivity index (χ1v) is 19.5. The summed E-state index contributed by atoms with van der Waals surface area (Å²) in [4.78, 5) is 31.2. The first-order valence-electron chi connectivity index (χ1n) is 17.2. The van der Waals surface area contributed by atoms with Gasteiger partial charge in [0.05, 0.1) is 59.4 Å². The monoisotopic (exact) mass is 793 g/mol. The first kappa shape index (κ1) is 49.5. The third-order valence-corrected chi connectivity index (χ3v) is 9.10. The Morgan fingerprint density at radius 2 is 1.44 bits per heavy atom. The maximum atomic E-state index is 12.5. The molecular weight excluding hydrogens is 739 g/mol. The lowest BCUT2D eigenvalue weighted by atomic mass is 10.0. The van der Waals surface area contributed by atoms with Crippen LogP contribution in [0.4, 0.5) is 0 Å². The van der Waals surface area contributed by atoms with Crippen LogP contribution in [0.15, 0.2) is 57.2 Å². The van der Waals surface area contributed by atoms with Gasteiger partial charge >= 0.3 is 11.9 Å². The summed E-state index contributed by atoms with van der Waals surface area (Å²) in [7, 11) is -2.61. The molecule has 0 amide bonds. The molecule has 0 aliphatic rings. The summed E-state index contributed by atoms with van der Waals surface area (Å²) in [5.41, 5.74) is 17.9. The predicted molar refractivity (Wildman–Crippen MR) is 212 cm³/mol. The zero-order chi connectivity index (χ0) is 41.0. The van der Waals surface area contributed by atoms with Crippen LogP contribution in [-0.4, -0.2) is 80.6 Å². The van der Waals surface area contributed by atoms with Gasteiger partial charge in [-0.05, 0) is 103 Å². The number of benzene rings is 1. The second kappa shape index (κ2) is 28.0.